The van der Waals surface area contributed by atoms with Crippen LogP contribution in [0.4, 0.5) is 4.39 Å². The number of aliphatic hydroxyl groups is 1. The van der Waals surface area contributed by atoms with E-state index < -0.39 is 22.7 Å². The van der Waals surface area contributed by atoms with E-state index >= 15 is 0 Å². The number of pyridine rings is 2. The first-order chi connectivity index (χ1) is 20.0. The zero-order valence-corrected chi connectivity index (χ0v) is 23.9. The first-order valence-electron chi connectivity index (χ1n) is 13.7. The van der Waals surface area contributed by atoms with Crippen LogP contribution in [-0.4, -0.2) is 39.5 Å². The molecule has 0 radical (unpaired) electrons. The van der Waals surface area contributed by atoms with E-state index in [4.69, 9.17) is 26.8 Å². The average molecular weight is 590 g/mol. The van der Waals surface area contributed by atoms with E-state index in [0.29, 0.717) is 33.7 Å². The van der Waals surface area contributed by atoms with E-state index in [0.717, 1.165) is 18.2 Å². The Labute approximate surface area is 246 Å². The number of amides is 1. The van der Waals surface area contributed by atoms with Crippen LogP contribution in [0.1, 0.15) is 61.1 Å². The second-order valence-electron chi connectivity index (χ2n) is 11.4. The number of halogens is 2. The molecule has 2 atom stereocenters. The molecule has 1 amide bonds. The molecule has 0 unspecified atom stereocenters. The summed E-state index contributed by atoms with van der Waals surface area (Å²) in [4.78, 5) is 35.0. The van der Waals surface area contributed by atoms with Crippen molar-refractivity contribution in [2.24, 2.45) is 5.73 Å². The van der Waals surface area contributed by atoms with Crippen molar-refractivity contribution in [3.63, 3.8) is 0 Å². The number of hydrogen-bond donors (Lipinski definition) is 2. The van der Waals surface area contributed by atoms with Crippen LogP contribution in [-0.2, 0) is 15.8 Å². The Morgan fingerprint density at radius 1 is 1.24 bits per heavy atom. The lowest BCUT2D eigenvalue weighted by molar-refractivity contribution is -0.123. The predicted octanol–water partition coefficient (Wildman–Crippen LogP) is 5.64. The molecule has 10 heteroatoms. The highest BCUT2D eigenvalue weighted by atomic mass is 35.5. The summed E-state index contributed by atoms with van der Waals surface area (Å²) in [7, 11) is 0. The maximum atomic E-state index is 14.0. The first-order valence-corrected chi connectivity index (χ1v) is 14.1. The fourth-order valence-electron chi connectivity index (χ4n) is 5.11. The third-order valence-corrected chi connectivity index (χ3v) is 8.30. The Bertz CT molecular complexity index is 1760. The number of hydrogen-bond acceptors (Lipinski definition) is 7. The molecule has 216 valence electrons. The SMILES string of the molecule is C[C@@](O)(CCC(=O)c1cc(OC2CC2)c2ncccc2c1)c1cc2c(c(-c3ccc(F)c(Cl)c3)n1)OC[C@]2(C)C(N)=O. The number of benzene rings is 2. The lowest BCUT2D eigenvalue weighted by Crippen LogP contribution is -2.40. The van der Waals surface area contributed by atoms with Gasteiger partial charge in [-0.2, -0.15) is 0 Å². The predicted molar refractivity (Wildman–Crippen MR) is 155 cm³/mol. The van der Waals surface area contributed by atoms with Gasteiger partial charge in [0, 0.05) is 34.7 Å². The summed E-state index contributed by atoms with van der Waals surface area (Å²) >= 11 is 6.05. The second kappa shape index (κ2) is 10.3. The Morgan fingerprint density at radius 3 is 2.74 bits per heavy atom. The molecule has 3 heterocycles. The van der Waals surface area contributed by atoms with Crippen LogP contribution in [0.25, 0.3) is 22.2 Å². The maximum absolute atomic E-state index is 14.0. The Morgan fingerprint density at radius 2 is 2.02 bits per heavy atom. The third-order valence-electron chi connectivity index (χ3n) is 8.01. The van der Waals surface area contributed by atoms with Gasteiger partial charge in [-0.15, -0.1) is 0 Å². The highest BCUT2D eigenvalue weighted by molar-refractivity contribution is 6.31. The van der Waals surface area contributed by atoms with E-state index in [-0.39, 0.29) is 47.7 Å². The number of carbonyl (C=O) groups is 2. The molecule has 1 aliphatic heterocycles. The zero-order chi connectivity index (χ0) is 29.8. The van der Waals surface area contributed by atoms with Gasteiger partial charge in [0.2, 0.25) is 5.91 Å². The minimum atomic E-state index is -1.59. The van der Waals surface area contributed by atoms with Crippen molar-refractivity contribution in [2.45, 2.75) is 56.7 Å². The average Bonchev–Trinajstić information content (AvgIpc) is 3.72. The van der Waals surface area contributed by atoms with Crippen LogP contribution in [0.15, 0.2) is 54.7 Å². The minimum Gasteiger partial charge on any atom is -0.489 e. The first kappa shape index (κ1) is 28.1. The highest BCUT2D eigenvalue weighted by Gasteiger charge is 2.45. The van der Waals surface area contributed by atoms with Gasteiger partial charge in [-0.3, -0.25) is 14.6 Å². The van der Waals surface area contributed by atoms with Crippen molar-refractivity contribution < 1.29 is 28.6 Å². The van der Waals surface area contributed by atoms with Gasteiger partial charge in [-0.1, -0.05) is 17.7 Å². The van der Waals surface area contributed by atoms with Crippen molar-refractivity contribution in [2.75, 3.05) is 6.61 Å². The van der Waals surface area contributed by atoms with Crippen LogP contribution >= 0.6 is 11.6 Å². The quantitative estimate of drug-likeness (QED) is 0.242. The summed E-state index contributed by atoms with van der Waals surface area (Å²) in [5.74, 6) is -0.510. The number of ketones is 1. The number of nitrogens with two attached hydrogens (primary N) is 1. The number of nitrogens with zero attached hydrogens (tertiary/aromatic N) is 2. The van der Waals surface area contributed by atoms with Crippen LogP contribution in [0.3, 0.4) is 0 Å². The third kappa shape index (κ3) is 5.07. The monoisotopic (exact) mass is 589 g/mol. The molecule has 0 saturated heterocycles. The fraction of sp³-hybridized carbons (Fsp3) is 0.312. The van der Waals surface area contributed by atoms with Crippen molar-refractivity contribution >= 4 is 34.2 Å². The summed E-state index contributed by atoms with van der Waals surface area (Å²) in [6, 6.07) is 12.9. The van der Waals surface area contributed by atoms with Crippen molar-refractivity contribution in [3.8, 4) is 22.8 Å². The van der Waals surface area contributed by atoms with Crippen molar-refractivity contribution in [1.82, 2.24) is 9.97 Å². The lowest BCUT2D eigenvalue weighted by Gasteiger charge is -2.26. The smallest absolute Gasteiger partial charge is 0.231 e. The van der Waals surface area contributed by atoms with Crippen molar-refractivity contribution in [1.29, 1.82) is 0 Å². The molecule has 0 spiro atoms. The number of aromatic nitrogens is 2. The molecular weight excluding hydrogens is 561 g/mol. The van der Waals surface area contributed by atoms with Gasteiger partial charge in [0.25, 0.3) is 0 Å². The Kier molecular flexibility index (Phi) is 6.90. The maximum Gasteiger partial charge on any atom is 0.231 e. The summed E-state index contributed by atoms with van der Waals surface area (Å²) in [5, 5.41) is 12.3. The zero-order valence-electron chi connectivity index (χ0n) is 23.1. The van der Waals surface area contributed by atoms with E-state index in [9.17, 15) is 19.1 Å². The van der Waals surface area contributed by atoms with Crippen molar-refractivity contribution in [3.05, 3.63) is 82.4 Å². The highest BCUT2D eigenvalue weighted by Crippen LogP contribution is 2.46. The number of fused-ring (bicyclic) bond motifs is 2. The summed E-state index contributed by atoms with van der Waals surface area (Å²) < 4.78 is 25.9. The van der Waals surface area contributed by atoms with Gasteiger partial charge in [-0.05, 0) is 75.6 Å². The van der Waals surface area contributed by atoms with Gasteiger partial charge in [-0.25, -0.2) is 9.37 Å². The van der Waals surface area contributed by atoms with Gasteiger partial charge < -0.3 is 20.3 Å². The summed E-state index contributed by atoms with van der Waals surface area (Å²) in [6.45, 7) is 3.19. The molecule has 1 fully saturated rings. The molecule has 2 aliphatic rings. The topological polar surface area (TPSA) is 125 Å². The fourth-order valence-corrected chi connectivity index (χ4v) is 5.29. The second-order valence-corrected chi connectivity index (χ2v) is 11.8. The molecule has 6 rings (SSSR count). The Hall–Kier alpha value is -4.08. The van der Waals surface area contributed by atoms with Gasteiger partial charge >= 0.3 is 0 Å². The van der Waals surface area contributed by atoms with Crippen LogP contribution < -0.4 is 15.2 Å². The van der Waals surface area contributed by atoms with Crippen LogP contribution in [0.5, 0.6) is 11.5 Å². The minimum absolute atomic E-state index is 0.00169. The molecule has 2 aromatic heterocycles. The number of rotatable bonds is 9. The lowest BCUT2D eigenvalue weighted by atomic mass is 9.81. The molecule has 8 nitrogen and oxygen atoms in total. The molecule has 42 heavy (non-hydrogen) atoms. The normalized spacial score (nSPS) is 19.2. The van der Waals surface area contributed by atoms with E-state index in [1.165, 1.54) is 18.2 Å². The molecule has 1 aliphatic carbocycles. The molecule has 4 aromatic rings. The van der Waals surface area contributed by atoms with E-state index in [2.05, 4.69) is 9.97 Å². The molecule has 0 bridgehead atoms. The standard InChI is InChI=1S/C32H29ClFN3O5/c1-31(30(35)39)16-41-29-21(31)15-26(37-28(29)18-5-8-23(34)22(33)13-18)32(2,40)10-9-24(38)19-12-17-4-3-11-36-27(17)25(14-19)42-20-6-7-20/h3-5,8,11-15,20,40H,6-7,9-10,16H2,1-2H3,(H2,35,39)/t31-,32+/m0/s1. The van der Waals surface area contributed by atoms with Crippen LogP contribution in [0.2, 0.25) is 5.02 Å². The molecule has 3 N–H and O–H groups in total. The largest absolute Gasteiger partial charge is 0.489 e. The number of carbonyl (C=O) groups excluding carboxylic acids is 2. The van der Waals surface area contributed by atoms with Gasteiger partial charge in [0.05, 0.1) is 16.8 Å². The summed E-state index contributed by atoms with van der Waals surface area (Å²) in [5.41, 5.74) is 5.52. The Balaban J connectivity index is 1.33. The summed E-state index contributed by atoms with van der Waals surface area (Å²) in [6.07, 6.45) is 3.78. The number of ether oxygens (including phenoxy) is 2. The van der Waals surface area contributed by atoms with E-state index in [1.807, 2.05) is 6.07 Å². The molecular formula is C32H29ClFN3O5. The molecule has 2 aromatic carbocycles. The van der Waals surface area contributed by atoms with Gasteiger partial charge in [0.1, 0.15) is 46.1 Å². The van der Waals surface area contributed by atoms with E-state index in [1.54, 1.807) is 44.3 Å². The molecule has 1 saturated carbocycles. The number of Topliss-reactive ketones (excluding diaryl/α,β-unsaturated/α-hetero) is 1. The van der Waals surface area contributed by atoms with Gasteiger partial charge in [0.15, 0.2) is 5.78 Å². The number of primary amides is 1. The van der Waals surface area contributed by atoms with Crippen LogP contribution in [0, 0.1) is 5.82 Å².